The van der Waals surface area contributed by atoms with Crippen LogP contribution in [0, 0.1) is 11.8 Å². The largest absolute Gasteiger partial charge is 0.481 e. The molecule has 1 fully saturated rings. The van der Waals surface area contributed by atoms with E-state index >= 15 is 0 Å². The van der Waals surface area contributed by atoms with Gasteiger partial charge in [-0.25, -0.2) is 0 Å². The van der Waals surface area contributed by atoms with E-state index in [-0.39, 0.29) is 5.92 Å². The lowest BCUT2D eigenvalue weighted by atomic mass is 9.97. The van der Waals surface area contributed by atoms with Crippen molar-refractivity contribution in [3.05, 3.63) is 0 Å². The van der Waals surface area contributed by atoms with Gasteiger partial charge in [0.1, 0.15) is 0 Å². The smallest absolute Gasteiger partial charge is 0.309 e. The molecule has 58 valence electrons. The summed E-state index contributed by atoms with van der Waals surface area (Å²) in [6, 6.07) is 0. The van der Waals surface area contributed by atoms with Crippen molar-refractivity contribution in [3.63, 3.8) is 0 Å². The highest BCUT2D eigenvalue weighted by Crippen LogP contribution is 2.31. The molecule has 0 bridgehead atoms. The maximum Gasteiger partial charge on any atom is 0.309 e. The number of aliphatic carboxylic acids is 1. The summed E-state index contributed by atoms with van der Waals surface area (Å²) in [5, 5.41) is 17.7. The number of aliphatic hydroxyl groups excluding tert-OH is 1. The minimum Gasteiger partial charge on any atom is -0.481 e. The molecule has 0 aromatic rings. The zero-order valence-corrected chi connectivity index (χ0v) is 5.95. The van der Waals surface area contributed by atoms with E-state index in [1.807, 2.05) is 6.92 Å². The highest BCUT2D eigenvalue weighted by atomic mass is 16.4. The Bertz CT molecular complexity index is 134. The molecular formula is C7H12O3. The minimum atomic E-state index is -0.863. The molecule has 1 rings (SSSR count). The second-order valence-corrected chi connectivity index (χ2v) is 2.99. The van der Waals surface area contributed by atoms with Gasteiger partial charge in [0.15, 0.2) is 0 Å². The minimum absolute atomic E-state index is 0.132. The standard InChI is InChI=1S/C7H12O3/c1-4-2-3-5(8)6(4)7(9)10/h4-6,8H,2-3H2,1H3,(H,9,10)/t4-,5-,6-/m1/s1. The van der Waals surface area contributed by atoms with Crippen molar-refractivity contribution in [2.75, 3.05) is 0 Å². The van der Waals surface area contributed by atoms with Crippen LogP contribution in [0.4, 0.5) is 0 Å². The molecular weight excluding hydrogens is 132 g/mol. The first kappa shape index (κ1) is 7.54. The fourth-order valence-electron chi connectivity index (χ4n) is 1.58. The van der Waals surface area contributed by atoms with Gasteiger partial charge in [0.2, 0.25) is 0 Å². The molecule has 0 radical (unpaired) electrons. The molecule has 3 heteroatoms. The van der Waals surface area contributed by atoms with E-state index in [1.54, 1.807) is 0 Å². The number of hydrogen-bond donors (Lipinski definition) is 2. The third-order valence-corrected chi connectivity index (χ3v) is 2.23. The Morgan fingerprint density at radius 2 is 2.10 bits per heavy atom. The van der Waals surface area contributed by atoms with E-state index < -0.39 is 18.0 Å². The first-order chi connectivity index (χ1) is 4.63. The van der Waals surface area contributed by atoms with E-state index in [1.165, 1.54) is 0 Å². The summed E-state index contributed by atoms with van der Waals surface area (Å²) in [4.78, 5) is 10.5. The summed E-state index contributed by atoms with van der Waals surface area (Å²) >= 11 is 0. The molecule has 3 atom stereocenters. The van der Waals surface area contributed by atoms with Crippen LogP contribution in [0.1, 0.15) is 19.8 Å². The Kier molecular flexibility index (Phi) is 1.94. The van der Waals surface area contributed by atoms with Crippen LogP contribution >= 0.6 is 0 Å². The number of rotatable bonds is 1. The Morgan fingerprint density at radius 1 is 1.50 bits per heavy atom. The molecule has 10 heavy (non-hydrogen) atoms. The van der Waals surface area contributed by atoms with E-state index in [2.05, 4.69) is 0 Å². The van der Waals surface area contributed by atoms with Crippen molar-refractivity contribution in [1.29, 1.82) is 0 Å². The monoisotopic (exact) mass is 144 g/mol. The molecule has 0 heterocycles. The summed E-state index contributed by atoms with van der Waals surface area (Å²) in [6.07, 6.45) is 0.850. The molecule has 0 unspecified atom stereocenters. The molecule has 0 aliphatic heterocycles. The van der Waals surface area contributed by atoms with Gasteiger partial charge in [-0.3, -0.25) is 4.79 Å². The Morgan fingerprint density at radius 3 is 2.30 bits per heavy atom. The van der Waals surface area contributed by atoms with Gasteiger partial charge in [-0.15, -0.1) is 0 Å². The molecule has 0 saturated heterocycles. The number of carboxylic acid groups (broad SMARTS) is 1. The van der Waals surface area contributed by atoms with Crippen molar-refractivity contribution in [2.24, 2.45) is 11.8 Å². The maximum absolute atomic E-state index is 10.5. The SMILES string of the molecule is C[C@@H]1CC[C@@H](O)[C@@H]1C(=O)O. The second-order valence-electron chi connectivity index (χ2n) is 2.99. The molecule has 3 nitrogen and oxygen atoms in total. The van der Waals surface area contributed by atoms with Crippen LogP contribution < -0.4 is 0 Å². The zero-order chi connectivity index (χ0) is 7.72. The van der Waals surface area contributed by atoms with Crippen molar-refractivity contribution in [3.8, 4) is 0 Å². The van der Waals surface area contributed by atoms with Gasteiger partial charge in [0.25, 0.3) is 0 Å². The maximum atomic E-state index is 10.5. The molecule has 2 N–H and O–H groups in total. The lowest BCUT2D eigenvalue weighted by molar-refractivity contribution is -0.146. The predicted octanol–water partition coefficient (Wildman–Crippen LogP) is 0.478. The number of carbonyl (C=O) groups is 1. The van der Waals surface area contributed by atoms with E-state index in [0.29, 0.717) is 6.42 Å². The number of hydrogen-bond acceptors (Lipinski definition) is 2. The van der Waals surface area contributed by atoms with Crippen LogP contribution in [0.25, 0.3) is 0 Å². The normalized spacial score (nSPS) is 40.0. The first-order valence-electron chi connectivity index (χ1n) is 3.54. The molecule has 0 aromatic heterocycles. The van der Waals surface area contributed by atoms with Gasteiger partial charge in [-0.1, -0.05) is 6.92 Å². The van der Waals surface area contributed by atoms with Crippen molar-refractivity contribution >= 4 is 5.97 Å². The molecule has 1 saturated carbocycles. The van der Waals surface area contributed by atoms with Gasteiger partial charge in [-0.2, -0.15) is 0 Å². The topological polar surface area (TPSA) is 57.5 Å². The highest BCUT2D eigenvalue weighted by Gasteiger charge is 2.37. The third-order valence-electron chi connectivity index (χ3n) is 2.23. The van der Waals surface area contributed by atoms with Crippen molar-refractivity contribution < 1.29 is 15.0 Å². The van der Waals surface area contributed by atoms with E-state index in [4.69, 9.17) is 10.2 Å². The van der Waals surface area contributed by atoms with E-state index in [0.717, 1.165) is 6.42 Å². The Hall–Kier alpha value is -0.570. The second kappa shape index (κ2) is 2.58. The van der Waals surface area contributed by atoms with Crippen LogP contribution in [0.15, 0.2) is 0 Å². The molecule has 0 spiro atoms. The van der Waals surface area contributed by atoms with Gasteiger partial charge in [0, 0.05) is 0 Å². The summed E-state index contributed by atoms with van der Waals surface area (Å²) < 4.78 is 0. The average Bonchev–Trinajstić information content (AvgIpc) is 2.11. The van der Waals surface area contributed by atoms with Gasteiger partial charge < -0.3 is 10.2 Å². The van der Waals surface area contributed by atoms with Crippen LogP contribution in [-0.4, -0.2) is 22.3 Å². The summed E-state index contributed by atoms with van der Waals surface area (Å²) in [5.74, 6) is -1.26. The molecule has 1 aliphatic rings. The van der Waals surface area contributed by atoms with Crippen molar-refractivity contribution in [2.45, 2.75) is 25.9 Å². The Labute approximate surface area is 59.7 Å². The van der Waals surface area contributed by atoms with Gasteiger partial charge in [0.05, 0.1) is 12.0 Å². The van der Waals surface area contributed by atoms with Gasteiger partial charge >= 0.3 is 5.97 Å². The van der Waals surface area contributed by atoms with Crippen LogP contribution in [0.5, 0.6) is 0 Å². The quantitative estimate of drug-likeness (QED) is 0.562. The van der Waals surface area contributed by atoms with E-state index in [9.17, 15) is 4.79 Å². The summed E-state index contributed by atoms with van der Waals surface area (Å²) in [5.41, 5.74) is 0. The van der Waals surface area contributed by atoms with Crippen LogP contribution in [-0.2, 0) is 4.79 Å². The first-order valence-corrected chi connectivity index (χ1v) is 3.54. The number of aliphatic hydroxyl groups is 1. The molecule has 1 aliphatic carbocycles. The number of carboxylic acids is 1. The highest BCUT2D eigenvalue weighted by molar-refractivity contribution is 5.71. The lowest BCUT2D eigenvalue weighted by Crippen LogP contribution is -2.26. The molecule has 0 aromatic carbocycles. The summed E-state index contributed by atoms with van der Waals surface area (Å²) in [6.45, 7) is 1.87. The third kappa shape index (κ3) is 1.14. The van der Waals surface area contributed by atoms with Crippen molar-refractivity contribution in [1.82, 2.24) is 0 Å². The average molecular weight is 144 g/mol. The fourth-order valence-corrected chi connectivity index (χ4v) is 1.58. The van der Waals surface area contributed by atoms with Crippen LogP contribution in [0.3, 0.4) is 0 Å². The zero-order valence-electron chi connectivity index (χ0n) is 5.95. The summed E-state index contributed by atoms with van der Waals surface area (Å²) in [7, 11) is 0. The lowest BCUT2D eigenvalue weighted by Gasteiger charge is -2.12. The fraction of sp³-hybridized carbons (Fsp3) is 0.857. The Balaban J connectivity index is 2.63. The van der Waals surface area contributed by atoms with Crippen LogP contribution in [0.2, 0.25) is 0 Å². The predicted molar refractivity (Wildman–Crippen MR) is 35.5 cm³/mol. The van der Waals surface area contributed by atoms with Gasteiger partial charge in [-0.05, 0) is 18.8 Å². The molecule has 0 amide bonds.